The Kier molecular flexibility index (Phi) is 3.83. The molecule has 0 aliphatic carbocycles. The van der Waals surface area contributed by atoms with E-state index in [1.807, 2.05) is 0 Å². The lowest BCUT2D eigenvalue weighted by molar-refractivity contribution is 0.145. The van der Waals surface area contributed by atoms with Crippen molar-refractivity contribution >= 4 is 35.7 Å². The first-order valence-corrected chi connectivity index (χ1v) is 6.71. The van der Waals surface area contributed by atoms with Crippen molar-refractivity contribution in [3.05, 3.63) is 21.9 Å². The number of rotatable bonds is 2. The number of halogens is 4. The third-order valence-corrected chi connectivity index (χ3v) is 3.51. The summed E-state index contributed by atoms with van der Waals surface area (Å²) in [7, 11) is 0.821. The van der Waals surface area contributed by atoms with Gasteiger partial charge < -0.3 is 0 Å². The molecular formula is C7H2BrClF2N2O2S. The molecule has 16 heavy (non-hydrogen) atoms. The first-order valence-electron chi connectivity index (χ1n) is 3.60. The Hall–Kier alpha value is -0.780. The number of aromatic nitrogens is 1. The zero-order valence-electron chi connectivity index (χ0n) is 7.29. The lowest BCUT2D eigenvalue weighted by Gasteiger charge is -2.05. The molecule has 0 bridgehead atoms. The van der Waals surface area contributed by atoms with Crippen LogP contribution >= 0.6 is 26.6 Å². The minimum absolute atomic E-state index is 0.222. The van der Waals surface area contributed by atoms with E-state index in [1.54, 1.807) is 0 Å². The largest absolute Gasteiger partial charge is 0.281 e. The molecule has 0 N–H and O–H groups in total. The molecule has 0 saturated carbocycles. The van der Waals surface area contributed by atoms with E-state index in [2.05, 4.69) is 20.9 Å². The van der Waals surface area contributed by atoms with Crippen molar-refractivity contribution in [3.63, 3.8) is 0 Å². The van der Waals surface area contributed by atoms with Gasteiger partial charge in [-0.05, 0) is 22.0 Å². The Morgan fingerprint density at radius 2 is 2.12 bits per heavy atom. The highest BCUT2D eigenvalue weighted by atomic mass is 79.9. The second-order valence-electron chi connectivity index (χ2n) is 2.55. The van der Waals surface area contributed by atoms with Crippen LogP contribution in [-0.4, -0.2) is 13.4 Å². The fourth-order valence-electron chi connectivity index (χ4n) is 0.905. The zero-order valence-corrected chi connectivity index (χ0v) is 10.4. The molecule has 1 aromatic heterocycles. The second kappa shape index (κ2) is 4.61. The monoisotopic (exact) mass is 330 g/mol. The molecule has 1 rings (SSSR count). The van der Waals surface area contributed by atoms with E-state index in [0.29, 0.717) is 0 Å². The molecule has 0 saturated heterocycles. The fraction of sp³-hybridized carbons (Fsp3) is 0.143. The molecule has 0 spiro atoms. The van der Waals surface area contributed by atoms with Crippen molar-refractivity contribution in [2.45, 2.75) is 11.3 Å². The van der Waals surface area contributed by atoms with Gasteiger partial charge in [0.2, 0.25) is 0 Å². The van der Waals surface area contributed by atoms with Gasteiger partial charge in [-0.3, -0.25) is 0 Å². The summed E-state index contributed by atoms with van der Waals surface area (Å²) >= 11 is 2.73. The molecule has 0 amide bonds. The van der Waals surface area contributed by atoms with Crippen LogP contribution in [0.15, 0.2) is 15.4 Å². The van der Waals surface area contributed by atoms with E-state index < -0.39 is 31.8 Å². The lowest BCUT2D eigenvalue weighted by atomic mass is 10.3. The van der Waals surface area contributed by atoms with Gasteiger partial charge in [0.1, 0.15) is 16.7 Å². The zero-order chi connectivity index (χ0) is 12.5. The first kappa shape index (κ1) is 13.3. The van der Waals surface area contributed by atoms with Gasteiger partial charge in [0.25, 0.3) is 15.5 Å². The Balaban J connectivity index is 3.59. The standard InChI is InChI=1S/C7H2BrClF2N2O2S/c8-3-1-5(16(9,14)15)4(2-12)13-6(3)7(10)11/h1,7H. The summed E-state index contributed by atoms with van der Waals surface area (Å²) < 4.78 is 46.6. The predicted molar refractivity (Wildman–Crippen MR) is 54.6 cm³/mol. The normalized spacial score (nSPS) is 11.5. The Labute approximate surface area is 102 Å². The Morgan fingerprint density at radius 1 is 1.56 bits per heavy atom. The highest BCUT2D eigenvalue weighted by Crippen LogP contribution is 2.30. The van der Waals surface area contributed by atoms with E-state index in [9.17, 15) is 17.2 Å². The smallest absolute Gasteiger partial charge is 0.233 e. The van der Waals surface area contributed by atoms with Gasteiger partial charge in [-0.2, -0.15) is 5.26 Å². The summed E-state index contributed by atoms with van der Waals surface area (Å²) in [6, 6.07) is 2.22. The van der Waals surface area contributed by atoms with Crippen molar-refractivity contribution in [1.29, 1.82) is 5.26 Å². The maximum absolute atomic E-state index is 12.4. The Morgan fingerprint density at radius 3 is 2.50 bits per heavy atom. The molecule has 0 unspecified atom stereocenters. The van der Waals surface area contributed by atoms with E-state index in [0.717, 1.165) is 6.07 Å². The Bertz CT molecular complexity index is 570. The molecule has 0 aliphatic heterocycles. The second-order valence-corrected chi connectivity index (χ2v) is 5.94. The minimum Gasteiger partial charge on any atom is -0.233 e. The minimum atomic E-state index is -4.20. The van der Waals surface area contributed by atoms with Gasteiger partial charge in [0.15, 0.2) is 5.69 Å². The van der Waals surface area contributed by atoms with Gasteiger partial charge in [-0.25, -0.2) is 22.2 Å². The molecule has 0 fully saturated rings. The molecule has 1 heterocycles. The van der Waals surface area contributed by atoms with Gasteiger partial charge >= 0.3 is 0 Å². The molecule has 4 nitrogen and oxygen atoms in total. The van der Waals surface area contributed by atoms with Gasteiger partial charge in [-0.15, -0.1) is 0 Å². The summed E-state index contributed by atoms with van der Waals surface area (Å²) in [6.45, 7) is 0. The van der Waals surface area contributed by atoms with Crippen LogP contribution in [0.3, 0.4) is 0 Å². The first-order chi connectivity index (χ1) is 7.27. The van der Waals surface area contributed by atoms with Crippen molar-refractivity contribution < 1.29 is 17.2 Å². The summed E-state index contributed by atoms with van der Waals surface area (Å²) in [6.07, 6.45) is -2.92. The molecular weight excluding hydrogens is 330 g/mol. The summed E-state index contributed by atoms with van der Waals surface area (Å²) in [4.78, 5) is 2.63. The van der Waals surface area contributed by atoms with Crippen LogP contribution in [0.1, 0.15) is 17.8 Å². The average Bonchev–Trinajstić information content (AvgIpc) is 2.15. The number of hydrogen-bond donors (Lipinski definition) is 0. The third-order valence-electron chi connectivity index (χ3n) is 1.54. The summed E-state index contributed by atoms with van der Waals surface area (Å²) in [5.74, 6) is 0. The quantitative estimate of drug-likeness (QED) is 0.781. The van der Waals surface area contributed by atoms with Crippen LogP contribution in [0.2, 0.25) is 0 Å². The maximum atomic E-state index is 12.4. The third kappa shape index (κ3) is 2.66. The lowest BCUT2D eigenvalue weighted by Crippen LogP contribution is -2.02. The number of nitrogens with zero attached hydrogens (tertiary/aromatic N) is 2. The number of hydrogen-bond acceptors (Lipinski definition) is 4. The van der Waals surface area contributed by atoms with Gasteiger partial charge in [0.05, 0.1) is 0 Å². The van der Waals surface area contributed by atoms with E-state index in [-0.39, 0.29) is 4.47 Å². The molecule has 0 radical (unpaired) electrons. The van der Waals surface area contributed by atoms with E-state index >= 15 is 0 Å². The van der Waals surface area contributed by atoms with Crippen molar-refractivity contribution in [3.8, 4) is 6.07 Å². The van der Waals surface area contributed by atoms with Crippen LogP contribution in [0, 0.1) is 11.3 Å². The highest BCUT2D eigenvalue weighted by Gasteiger charge is 2.23. The molecule has 0 atom stereocenters. The van der Waals surface area contributed by atoms with Gasteiger partial charge in [-0.1, -0.05) is 0 Å². The molecule has 0 aromatic carbocycles. The fourth-order valence-corrected chi connectivity index (χ4v) is 2.48. The van der Waals surface area contributed by atoms with E-state index in [4.69, 9.17) is 15.9 Å². The maximum Gasteiger partial charge on any atom is 0.281 e. The predicted octanol–water partition coefficient (Wildman–Crippen LogP) is 2.58. The number of alkyl halides is 2. The van der Waals surface area contributed by atoms with Crippen molar-refractivity contribution in [2.24, 2.45) is 0 Å². The average molecular weight is 332 g/mol. The SMILES string of the molecule is N#Cc1nc(C(F)F)c(Br)cc1S(=O)(=O)Cl. The topological polar surface area (TPSA) is 70.8 Å². The van der Waals surface area contributed by atoms with Crippen LogP contribution in [0.25, 0.3) is 0 Å². The molecule has 1 aromatic rings. The van der Waals surface area contributed by atoms with Crippen molar-refractivity contribution in [1.82, 2.24) is 4.98 Å². The summed E-state index contributed by atoms with van der Waals surface area (Å²) in [5, 5.41) is 8.58. The van der Waals surface area contributed by atoms with E-state index in [1.165, 1.54) is 6.07 Å². The number of pyridine rings is 1. The van der Waals surface area contributed by atoms with Crippen LogP contribution < -0.4 is 0 Å². The van der Waals surface area contributed by atoms with Crippen LogP contribution in [0.4, 0.5) is 8.78 Å². The summed E-state index contributed by atoms with van der Waals surface area (Å²) in [5.41, 5.74) is -1.37. The van der Waals surface area contributed by atoms with Crippen LogP contribution in [-0.2, 0) is 9.05 Å². The van der Waals surface area contributed by atoms with Crippen LogP contribution in [0.5, 0.6) is 0 Å². The molecule has 0 aliphatic rings. The molecule has 9 heteroatoms. The van der Waals surface area contributed by atoms with Crippen molar-refractivity contribution in [2.75, 3.05) is 0 Å². The molecule has 86 valence electrons. The van der Waals surface area contributed by atoms with Gasteiger partial charge in [0, 0.05) is 15.2 Å². The highest BCUT2D eigenvalue weighted by molar-refractivity contribution is 9.10. The number of nitriles is 1.